The third kappa shape index (κ3) is 4.97. The molecule has 1 aromatic heterocycles. The van der Waals surface area contributed by atoms with Crippen LogP contribution in [-0.2, 0) is 6.42 Å². The molecule has 2 amide bonds. The van der Waals surface area contributed by atoms with E-state index in [9.17, 15) is 4.79 Å². The van der Waals surface area contributed by atoms with Gasteiger partial charge in [-0.05, 0) is 37.5 Å². The van der Waals surface area contributed by atoms with Gasteiger partial charge in [-0.15, -0.1) is 0 Å². The molecule has 7 heteroatoms. The first-order valence-corrected chi connectivity index (χ1v) is 11.1. The summed E-state index contributed by atoms with van der Waals surface area (Å²) >= 11 is 1.45. The molecule has 1 fully saturated rings. The smallest absolute Gasteiger partial charge is 0.321 e. The first kappa shape index (κ1) is 20.3. The number of anilines is 2. The zero-order valence-corrected chi connectivity index (χ0v) is 18.3. The van der Waals surface area contributed by atoms with Gasteiger partial charge in [-0.2, -0.15) is 4.37 Å². The molecular formula is C23H27N5OS. The second-order valence-electron chi connectivity index (χ2n) is 7.73. The molecule has 0 radical (unpaired) electrons. The van der Waals surface area contributed by atoms with Crippen molar-refractivity contribution in [3.8, 4) is 0 Å². The van der Waals surface area contributed by atoms with Gasteiger partial charge in [0.05, 0.1) is 0 Å². The van der Waals surface area contributed by atoms with Crippen LogP contribution in [0.25, 0.3) is 0 Å². The van der Waals surface area contributed by atoms with E-state index >= 15 is 0 Å². The Morgan fingerprint density at radius 1 is 1.07 bits per heavy atom. The van der Waals surface area contributed by atoms with Crippen molar-refractivity contribution in [3.63, 3.8) is 0 Å². The molecule has 1 saturated heterocycles. The maximum atomic E-state index is 12.8. The summed E-state index contributed by atoms with van der Waals surface area (Å²) in [5, 5.41) is 4.01. The van der Waals surface area contributed by atoms with E-state index in [1.54, 1.807) is 0 Å². The van der Waals surface area contributed by atoms with E-state index in [1.807, 2.05) is 42.2 Å². The Morgan fingerprint density at radius 2 is 1.90 bits per heavy atom. The van der Waals surface area contributed by atoms with Crippen molar-refractivity contribution >= 4 is 28.4 Å². The van der Waals surface area contributed by atoms with Crippen LogP contribution in [0.3, 0.4) is 0 Å². The van der Waals surface area contributed by atoms with Gasteiger partial charge in [-0.25, -0.2) is 9.78 Å². The van der Waals surface area contributed by atoms with E-state index in [1.165, 1.54) is 22.7 Å². The van der Waals surface area contributed by atoms with Crippen LogP contribution in [0.2, 0.25) is 0 Å². The number of rotatable bonds is 4. The van der Waals surface area contributed by atoms with Crippen molar-refractivity contribution in [3.05, 3.63) is 71.0 Å². The molecule has 2 heterocycles. The first-order valence-electron chi connectivity index (χ1n) is 10.3. The number of nitrogens with one attached hydrogen (secondary N) is 1. The highest BCUT2D eigenvalue weighted by molar-refractivity contribution is 7.09. The summed E-state index contributed by atoms with van der Waals surface area (Å²) in [5.74, 6) is 0.856. The van der Waals surface area contributed by atoms with Gasteiger partial charge in [-0.1, -0.05) is 48.0 Å². The summed E-state index contributed by atoms with van der Waals surface area (Å²) in [5.41, 5.74) is 4.37. The maximum absolute atomic E-state index is 12.8. The molecule has 156 valence electrons. The van der Waals surface area contributed by atoms with E-state index in [2.05, 4.69) is 39.7 Å². The average Bonchev–Trinajstić information content (AvgIpc) is 3.05. The number of carbonyl (C=O) groups is 1. The number of amides is 2. The van der Waals surface area contributed by atoms with Crippen molar-refractivity contribution < 1.29 is 4.79 Å². The Labute approximate surface area is 181 Å². The van der Waals surface area contributed by atoms with Gasteiger partial charge >= 0.3 is 6.03 Å². The summed E-state index contributed by atoms with van der Waals surface area (Å²) < 4.78 is 4.54. The number of aryl methyl sites for hydroxylation is 2. The molecule has 3 aromatic rings. The molecule has 30 heavy (non-hydrogen) atoms. The third-order valence-corrected chi connectivity index (χ3v) is 6.15. The van der Waals surface area contributed by atoms with E-state index in [4.69, 9.17) is 4.98 Å². The lowest BCUT2D eigenvalue weighted by molar-refractivity contribution is 0.215. The molecule has 6 nitrogen and oxygen atoms in total. The molecule has 0 saturated carbocycles. The van der Waals surface area contributed by atoms with Crippen molar-refractivity contribution in [1.29, 1.82) is 0 Å². The Balaban J connectivity index is 1.35. The average molecular weight is 422 g/mol. The molecule has 1 N–H and O–H groups in total. The number of carbonyl (C=O) groups excluding carboxylic acids is 1. The molecule has 0 bridgehead atoms. The Bertz CT molecular complexity index is 1000. The van der Waals surface area contributed by atoms with Crippen LogP contribution in [-0.4, -0.2) is 46.5 Å². The molecule has 0 spiro atoms. The van der Waals surface area contributed by atoms with Gasteiger partial charge in [0.2, 0.25) is 5.13 Å². The minimum Gasteiger partial charge on any atom is -0.345 e. The highest BCUT2D eigenvalue weighted by Gasteiger charge is 2.21. The molecule has 4 rings (SSSR count). The van der Waals surface area contributed by atoms with Crippen LogP contribution >= 0.6 is 11.5 Å². The standard InChI is InChI=1S/C23H27N5OS/c1-17-9-10-20(18(2)15-17)24-22(29)27-11-6-12-28(14-13-27)23-25-21(26-30-23)16-19-7-4-3-5-8-19/h3-5,7-10,15H,6,11-14,16H2,1-2H3,(H,24,29). The number of aromatic nitrogens is 2. The highest BCUT2D eigenvalue weighted by atomic mass is 32.1. The summed E-state index contributed by atoms with van der Waals surface area (Å²) in [6.45, 7) is 7.14. The van der Waals surface area contributed by atoms with Gasteiger partial charge < -0.3 is 15.1 Å². The maximum Gasteiger partial charge on any atom is 0.321 e. The zero-order chi connectivity index (χ0) is 20.9. The second-order valence-corrected chi connectivity index (χ2v) is 8.46. The molecule has 0 unspecified atom stereocenters. The van der Waals surface area contributed by atoms with Crippen molar-refractivity contribution in [2.75, 3.05) is 36.4 Å². The fraction of sp³-hybridized carbons (Fsp3) is 0.348. The van der Waals surface area contributed by atoms with Crippen LogP contribution in [0.15, 0.2) is 48.5 Å². The van der Waals surface area contributed by atoms with Gasteiger partial charge in [-0.3, -0.25) is 0 Å². The Morgan fingerprint density at radius 3 is 2.70 bits per heavy atom. The topological polar surface area (TPSA) is 61.4 Å². The number of hydrogen-bond donors (Lipinski definition) is 1. The van der Waals surface area contributed by atoms with E-state index in [0.29, 0.717) is 6.54 Å². The van der Waals surface area contributed by atoms with E-state index in [-0.39, 0.29) is 6.03 Å². The van der Waals surface area contributed by atoms with Crippen LogP contribution in [0.1, 0.15) is 28.9 Å². The molecule has 1 aliphatic rings. The summed E-state index contributed by atoms with van der Waals surface area (Å²) in [6, 6.07) is 16.3. The van der Waals surface area contributed by atoms with Gasteiger partial charge in [0.15, 0.2) is 0 Å². The summed E-state index contributed by atoms with van der Waals surface area (Å²) in [4.78, 5) is 21.7. The normalized spacial score (nSPS) is 14.5. The Kier molecular flexibility index (Phi) is 6.28. The zero-order valence-electron chi connectivity index (χ0n) is 17.5. The third-order valence-electron chi connectivity index (χ3n) is 5.34. The van der Waals surface area contributed by atoms with Crippen molar-refractivity contribution in [1.82, 2.24) is 14.3 Å². The number of benzene rings is 2. The predicted octanol–water partition coefficient (Wildman–Crippen LogP) is 4.49. The first-order chi connectivity index (χ1) is 14.6. The summed E-state index contributed by atoms with van der Waals surface area (Å²) in [6.07, 6.45) is 1.66. The van der Waals surface area contributed by atoms with Crippen LogP contribution in [0.4, 0.5) is 15.6 Å². The van der Waals surface area contributed by atoms with Crippen molar-refractivity contribution in [2.45, 2.75) is 26.7 Å². The largest absolute Gasteiger partial charge is 0.345 e. The number of hydrogen-bond acceptors (Lipinski definition) is 5. The minimum absolute atomic E-state index is 0.0363. The molecular weight excluding hydrogens is 394 g/mol. The Hall–Kier alpha value is -2.93. The van der Waals surface area contributed by atoms with Crippen LogP contribution in [0, 0.1) is 13.8 Å². The fourth-order valence-electron chi connectivity index (χ4n) is 3.68. The second kappa shape index (κ2) is 9.26. The van der Waals surface area contributed by atoms with Gasteiger partial charge in [0.1, 0.15) is 5.82 Å². The molecule has 2 aromatic carbocycles. The number of nitrogens with zero attached hydrogens (tertiary/aromatic N) is 4. The lowest BCUT2D eigenvalue weighted by Crippen LogP contribution is -2.38. The quantitative estimate of drug-likeness (QED) is 0.674. The lowest BCUT2D eigenvalue weighted by atomic mass is 10.1. The monoisotopic (exact) mass is 421 g/mol. The summed E-state index contributed by atoms with van der Waals surface area (Å²) in [7, 11) is 0. The van der Waals surface area contributed by atoms with Crippen LogP contribution in [0.5, 0.6) is 0 Å². The van der Waals surface area contributed by atoms with Crippen molar-refractivity contribution in [2.24, 2.45) is 0 Å². The minimum atomic E-state index is -0.0363. The number of urea groups is 1. The van der Waals surface area contributed by atoms with Gasteiger partial charge in [0.25, 0.3) is 0 Å². The van der Waals surface area contributed by atoms with E-state index < -0.39 is 0 Å². The lowest BCUT2D eigenvalue weighted by Gasteiger charge is -2.22. The van der Waals surface area contributed by atoms with Gasteiger partial charge in [0, 0.05) is 49.8 Å². The fourth-order valence-corrected chi connectivity index (χ4v) is 4.42. The van der Waals surface area contributed by atoms with E-state index in [0.717, 1.165) is 54.7 Å². The SMILES string of the molecule is Cc1ccc(NC(=O)N2CCCN(c3nc(Cc4ccccc4)ns3)CC2)c(C)c1. The van der Waals surface area contributed by atoms with Crippen LogP contribution < -0.4 is 10.2 Å². The highest BCUT2D eigenvalue weighted by Crippen LogP contribution is 2.21. The molecule has 1 aliphatic heterocycles. The molecule has 0 aliphatic carbocycles. The molecule has 0 atom stereocenters. The predicted molar refractivity (Wildman–Crippen MR) is 122 cm³/mol.